The van der Waals surface area contributed by atoms with Crippen LogP contribution in [0.15, 0.2) is 24.3 Å². The van der Waals surface area contributed by atoms with Crippen molar-refractivity contribution in [1.29, 1.82) is 0 Å². The summed E-state index contributed by atoms with van der Waals surface area (Å²) in [5, 5.41) is 6.19. The third-order valence-corrected chi connectivity index (χ3v) is 1.97. The van der Waals surface area contributed by atoms with Gasteiger partial charge in [-0.15, -0.1) is 0 Å². The number of hydrogen-bond donors (Lipinski definition) is 3. The summed E-state index contributed by atoms with van der Waals surface area (Å²) in [7, 11) is 0. The van der Waals surface area contributed by atoms with E-state index in [9.17, 15) is 4.39 Å². The fourth-order valence-electron chi connectivity index (χ4n) is 1.32. The lowest BCUT2D eigenvalue weighted by atomic mass is 10.1. The van der Waals surface area contributed by atoms with Gasteiger partial charge in [-0.05, 0) is 6.07 Å². The van der Waals surface area contributed by atoms with Crippen LogP contribution >= 0.6 is 0 Å². The Morgan fingerprint density at radius 3 is 2.50 bits per heavy atom. The number of anilines is 2. The van der Waals surface area contributed by atoms with Crippen molar-refractivity contribution in [3.05, 3.63) is 30.1 Å². The molecule has 0 amide bonds. The maximum atomic E-state index is 13.4. The highest BCUT2D eigenvalue weighted by Crippen LogP contribution is 2.31. The van der Waals surface area contributed by atoms with Crippen molar-refractivity contribution >= 4 is 11.6 Å². The molecule has 5 heteroatoms. The molecule has 4 nitrogen and oxygen atoms in total. The van der Waals surface area contributed by atoms with Crippen molar-refractivity contribution < 1.29 is 4.39 Å². The fraction of sp³-hybridized carbons (Fsp3) is 0. The lowest BCUT2D eigenvalue weighted by Crippen LogP contribution is -1.93. The summed E-state index contributed by atoms with van der Waals surface area (Å²) in [6, 6.07) is 6.27. The van der Waals surface area contributed by atoms with E-state index in [0.717, 1.165) is 0 Å². The number of benzene rings is 1. The molecule has 14 heavy (non-hydrogen) atoms. The molecular formula is C9H9FN4. The number of aromatic amines is 1. The van der Waals surface area contributed by atoms with Gasteiger partial charge >= 0.3 is 0 Å². The van der Waals surface area contributed by atoms with E-state index in [-0.39, 0.29) is 17.5 Å². The zero-order valence-corrected chi connectivity index (χ0v) is 7.29. The first-order valence-corrected chi connectivity index (χ1v) is 4.04. The van der Waals surface area contributed by atoms with E-state index in [1.54, 1.807) is 18.2 Å². The van der Waals surface area contributed by atoms with E-state index in [1.165, 1.54) is 6.07 Å². The molecule has 1 aromatic carbocycles. The van der Waals surface area contributed by atoms with Gasteiger partial charge in [-0.1, -0.05) is 18.2 Å². The van der Waals surface area contributed by atoms with Crippen LogP contribution in [0, 0.1) is 5.82 Å². The zero-order chi connectivity index (χ0) is 10.1. The maximum absolute atomic E-state index is 13.4. The number of H-pyrrole nitrogens is 1. The van der Waals surface area contributed by atoms with Gasteiger partial charge in [-0.2, -0.15) is 5.10 Å². The molecule has 0 radical (unpaired) electrons. The van der Waals surface area contributed by atoms with Crippen molar-refractivity contribution in [2.75, 3.05) is 11.5 Å². The highest BCUT2D eigenvalue weighted by molar-refractivity contribution is 5.83. The van der Waals surface area contributed by atoms with Crippen molar-refractivity contribution in [3.8, 4) is 11.1 Å². The molecule has 0 aliphatic heterocycles. The summed E-state index contributed by atoms with van der Waals surface area (Å²) in [5.74, 6) is 0.104. The average Bonchev–Trinajstić information content (AvgIpc) is 2.48. The van der Waals surface area contributed by atoms with Crippen LogP contribution in [0.4, 0.5) is 16.0 Å². The molecule has 0 atom stereocenters. The molecule has 2 aromatic rings. The average molecular weight is 192 g/mol. The highest BCUT2D eigenvalue weighted by atomic mass is 19.1. The first kappa shape index (κ1) is 8.55. The van der Waals surface area contributed by atoms with E-state index >= 15 is 0 Å². The molecule has 0 fully saturated rings. The van der Waals surface area contributed by atoms with Gasteiger partial charge in [0.2, 0.25) is 0 Å². The number of rotatable bonds is 1. The van der Waals surface area contributed by atoms with Gasteiger partial charge < -0.3 is 11.5 Å². The van der Waals surface area contributed by atoms with Crippen molar-refractivity contribution in [3.63, 3.8) is 0 Å². The summed E-state index contributed by atoms with van der Waals surface area (Å²) in [5.41, 5.74) is 11.9. The van der Waals surface area contributed by atoms with Gasteiger partial charge in [-0.3, -0.25) is 5.10 Å². The molecule has 0 saturated carbocycles. The third-order valence-electron chi connectivity index (χ3n) is 1.97. The number of nitrogens with two attached hydrogens (primary N) is 2. The topological polar surface area (TPSA) is 80.7 Å². The maximum Gasteiger partial charge on any atom is 0.155 e. The molecule has 2 rings (SSSR count). The van der Waals surface area contributed by atoms with Crippen LogP contribution in [-0.4, -0.2) is 10.2 Å². The second-order valence-corrected chi connectivity index (χ2v) is 2.88. The number of nitrogens with one attached hydrogen (secondary N) is 1. The second kappa shape index (κ2) is 3.02. The van der Waals surface area contributed by atoms with E-state index < -0.39 is 0 Å². The van der Waals surface area contributed by atoms with Crippen LogP contribution in [0.2, 0.25) is 0 Å². The van der Waals surface area contributed by atoms with E-state index in [1.807, 2.05) is 0 Å². The van der Waals surface area contributed by atoms with Crippen LogP contribution < -0.4 is 11.5 Å². The molecular weight excluding hydrogens is 183 g/mol. The van der Waals surface area contributed by atoms with E-state index in [4.69, 9.17) is 11.5 Å². The van der Waals surface area contributed by atoms with Crippen LogP contribution in [0.3, 0.4) is 0 Å². The lowest BCUT2D eigenvalue weighted by Gasteiger charge is -2.01. The summed E-state index contributed by atoms with van der Waals surface area (Å²) in [6.07, 6.45) is 0. The molecule has 0 aliphatic rings. The van der Waals surface area contributed by atoms with E-state index in [0.29, 0.717) is 11.1 Å². The predicted molar refractivity (Wildman–Crippen MR) is 52.8 cm³/mol. The molecule has 0 bridgehead atoms. The summed E-state index contributed by atoms with van der Waals surface area (Å²) < 4.78 is 13.4. The molecule has 0 aliphatic carbocycles. The lowest BCUT2D eigenvalue weighted by molar-refractivity contribution is 0.631. The second-order valence-electron chi connectivity index (χ2n) is 2.88. The van der Waals surface area contributed by atoms with Gasteiger partial charge in [-0.25, -0.2) is 4.39 Å². The molecule has 1 heterocycles. The van der Waals surface area contributed by atoms with E-state index in [2.05, 4.69) is 10.2 Å². The molecule has 1 aromatic heterocycles. The Bertz CT molecular complexity index is 444. The van der Waals surface area contributed by atoms with Crippen molar-refractivity contribution in [1.82, 2.24) is 10.2 Å². The summed E-state index contributed by atoms with van der Waals surface area (Å²) >= 11 is 0. The Balaban J connectivity index is 2.66. The third kappa shape index (κ3) is 1.19. The van der Waals surface area contributed by atoms with Gasteiger partial charge in [0, 0.05) is 5.56 Å². The van der Waals surface area contributed by atoms with Gasteiger partial charge in [0.15, 0.2) is 5.82 Å². The van der Waals surface area contributed by atoms with Gasteiger partial charge in [0.05, 0.1) is 5.56 Å². The van der Waals surface area contributed by atoms with Gasteiger partial charge in [0.1, 0.15) is 11.6 Å². The van der Waals surface area contributed by atoms with Crippen LogP contribution in [0.25, 0.3) is 11.1 Å². The highest BCUT2D eigenvalue weighted by Gasteiger charge is 2.13. The Morgan fingerprint density at radius 1 is 1.21 bits per heavy atom. The van der Waals surface area contributed by atoms with Crippen molar-refractivity contribution in [2.24, 2.45) is 0 Å². The Hall–Kier alpha value is -2.04. The first-order valence-electron chi connectivity index (χ1n) is 4.04. The Morgan fingerprint density at radius 2 is 1.93 bits per heavy atom. The minimum absolute atomic E-state index is 0.201. The van der Waals surface area contributed by atoms with Gasteiger partial charge in [0.25, 0.3) is 0 Å². The minimum Gasteiger partial charge on any atom is -0.383 e. The number of nitrogens with zero attached hydrogens (tertiary/aromatic N) is 1. The first-order chi connectivity index (χ1) is 6.70. The minimum atomic E-state index is -0.368. The predicted octanol–water partition coefficient (Wildman–Crippen LogP) is 1.38. The SMILES string of the molecule is Nc1n[nH]c(N)c1-c1ccccc1F. The molecule has 5 N–H and O–H groups in total. The molecule has 0 unspecified atom stereocenters. The number of aromatic nitrogens is 2. The summed E-state index contributed by atoms with van der Waals surface area (Å²) in [4.78, 5) is 0. The van der Waals surface area contributed by atoms with Crippen LogP contribution in [0.1, 0.15) is 0 Å². The smallest absolute Gasteiger partial charge is 0.155 e. The van der Waals surface area contributed by atoms with Crippen LogP contribution in [0.5, 0.6) is 0 Å². The fourth-order valence-corrected chi connectivity index (χ4v) is 1.32. The molecule has 0 saturated heterocycles. The normalized spacial score (nSPS) is 10.4. The monoisotopic (exact) mass is 192 g/mol. The Labute approximate surface area is 79.7 Å². The molecule has 0 spiro atoms. The standard InChI is InChI=1S/C9H9FN4/c10-6-4-2-1-3-5(6)7-8(11)13-14-9(7)12/h1-4H,(H5,11,12,13,14). The largest absolute Gasteiger partial charge is 0.383 e. The Kier molecular flexibility index (Phi) is 1.85. The molecule has 72 valence electrons. The van der Waals surface area contributed by atoms with Crippen LogP contribution in [-0.2, 0) is 0 Å². The number of nitrogen functional groups attached to an aromatic ring is 2. The zero-order valence-electron chi connectivity index (χ0n) is 7.29. The number of hydrogen-bond acceptors (Lipinski definition) is 3. The van der Waals surface area contributed by atoms with Crippen molar-refractivity contribution in [2.45, 2.75) is 0 Å². The summed E-state index contributed by atoms with van der Waals surface area (Å²) in [6.45, 7) is 0. The quantitative estimate of drug-likeness (QED) is 0.638. The number of halogens is 1.